The van der Waals surface area contributed by atoms with Crippen molar-refractivity contribution in [3.63, 3.8) is 0 Å². The summed E-state index contributed by atoms with van der Waals surface area (Å²) in [6.45, 7) is 4.57. The number of halogens is 2. The zero-order chi connectivity index (χ0) is 18.5. The van der Waals surface area contributed by atoms with Crippen LogP contribution >= 0.6 is 46.9 Å². The Bertz CT molecular complexity index is 785. The lowest BCUT2D eigenvalue weighted by atomic mass is 10.2. The Kier molecular flexibility index (Phi) is 8.43. The highest BCUT2D eigenvalue weighted by Crippen LogP contribution is 2.33. The number of thiazole rings is 1. The Morgan fingerprint density at radius 3 is 2.96 bits per heavy atom. The zero-order valence-corrected chi connectivity index (χ0v) is 19.6. The molecule has 0 amide bonds. The standard InChI is InChI=1S/C18H24ClN5OS.HI/c1-12-17(26-11-22-12)9-21-18(20-2)23-14-6-7-24(10-14)15-8-13(19)4-5-16(15)25-3;/h4-5,8,11,14H,6-7,9-10H2,1-3H3,(H2,20,21,23);1H. The molecule has 6 nitrogen and oxygen atoms in total. The van der Waals surface area contributed by atoms with Crippen molar-refractivity contribution in [3.8, 4) is 5.75 Å². The van der Waals surface area contributed by atoms with Crippen LogP contribution in [0.1, 0.15) is 17.0 Å². The van der Waals surface area contributed by atoms with Crippen molar-refractivity contribution in [1.29, 1.82) is 0 Å². The number of rotatable bonds is 5. The quantitative estimate of drug-likeness (QED) is 0.357. The topological polar surface area (TPSA) is 61.8 Å². The predicted octanol–water partition coefficient (Wildman–Crippen LogP) is 3.68. The Labute approximate surface area is 186 Å². The summed E-state index contributed by atoms with van der Waals surface area (Å²) in [4.78, 5) is 12.1. The van der Waals surface area contributed by atoms with Crippen molar-refractivity contribution in [1.82, 2.24) is 15.6 Å². The lowest BCUT2D eigenvalue weighted by molar-refractivity contribution is 0.415. The summed E-state index contributed by atoms with van der Waals surface area (Å²) in [6, 6.07) is 6.04. The third-order valence-electron chi connectivity index (χ3n) is 4.50. The first-order valence-corrected chi connectivity index (χ1v) is 9.81. The first-order chi connectivity index (χ1) is 12.6. The number of nitrogens with zero attached hydrogens (tertiary/aromatic N) is 3. The summed E-state index contributed by atoms with van der Waals surface area (Å²) in [6.07, 6.45) is 1.02. The van der Waals surface area contributed by atoms with Crippen molar-refractivity contribution in [2.24, 2.45) is 4.99 Å². The van der Waals surface area contributed by atoms with Gasteiger partial charge in [0.05, 0.1) is 30.5 Å². The minimum Gasteiger partial charge on any atom is -0.495 e. The maximum atomic E-state index is 6.17. The van der Waals surface area contributed by atoms with Crippen LogP contribution in [0.3, 0.4) is 0 Å². The summed E-state index contributed by atoms with van der Waals surface area (Å²) in [7, 11) is 3.48. The molecule has 0 saturated carbocycles. The largest absolute Gasteiger partial charge is 0.495 e. The summed E-state index contributed by atoms with van der Waals surface area (Å²) >= 11 is 7.82. The molecule has 1 fully saturated rings. The molecule has 148 valence electrons. The van der Waals surface area contributed by atoms with Gasteiger partial charge >= 0.3 is 0 Å². The van der Waals surface area contributed by atoms with E-state index in [1.807, 2.05) is 30.6 Å². The predicted molar refractivity (Wildman–Crippen MR) is 124 cm³/mol. The molecule has 0 spiro atoms. The van der Waals surface area contributed by atoms with Crippen molar-refractivity contribution >= 4 is 58.6 Å². The third kappa shape index (κ3) is 5.61. The van der Waals surface area contributed by atoms with Gasteiger partial charge in [-0.2, -0.15) is 0 Å². The highest BCUT2D eigenvalue weighted by Gasteiger charge is 2.25. The van der Waals surface area contributed by atoms with Gasteiger partial charge in [0, 0.05) is 36.1 Å². The van der Waals surface area contributed by atoms with E-state index >= 15 is 0 Å². The van der Waals surface area contributed by atoms with E-state index in [-0.39, 0.29) is 24.0 Å². The monoisotopic (exact) mass is 521 g/mol. The van der Waals surface area contributed by atoms with E-state index in [0.29, 0.717) is 6.04 Å². The van der Waals surface area contributed by atoms with E-state index in [1.165, 1.54) is 4.88 Å². The van der Waals surface area contributed by atoms with E-state index in [9.17, 15) is 0 Å². The van der Waals surface area contributed by atoms with Crippen LogP contribution in [-0.4, -0.2) is 44.2 Å². The smallest absolute Gasteiger partial charge is 0.191 e. The number of ether oxygens (including phenoxy) is 1. The van der Waals surface area contributed by atoms with E-state index in [0.717, 1.165) is 54.2 Å². The number of hydrogen-bond donors (Lipinski definition) is 2. The number of aryl methyl sites for hydroxylation is 1. The lowest BCUT2D eigenvalue weighted by Gasteiger charge is -2.22. The molecule has 0 radical (unpaired) electrons. The molecular formula is C18H25ClIN5OS. The van der Waals surface area contributed by atoms with Crippen molar-refractivity contribution in [2.45, 2.75) is 25.9 Å². The molecule has 1 aliphatic heterocycles. The number of hydrogen-bond acceptors (Lipinski definition) is 5. The van der Waals surface area contributed by atoms with E-state index in [1.54, 1.807) is 25.5 Å². The molecule has 0 bridgehead atoms. The molecule has 27 heavy (non-hydrogen) atoms. The summed E-state index contributed by atoms with van der Waals surface area (Å²) in [5.41, 5.74) is 3.97. The second-order valence-electron chi connectivity index (χ2n) is 6.18. The minimum atomic E-state index is 0. The number of aromatic nitrogens is 1. The second-order valence-corrected chi connectivity index (χ2v) is 7.55. The molecule has 2 heterocycles. The van der Waals surface area contributed by atoms with Gasteiger partial charge in [-0.1, -0.05) is 11.6 Å². The fourth-order valence-electron chi connectivity index (χ4n) is 3.06. The molecule has 1 aliphatic rings. The molecule has 1 saturated heterocycles. The normalized spacial score (nSPS) is 16.8. The SMILES string of the molecule is CN=C(NCc1scnc1C)NC1CCN(c2cc(Cl)ccc2OC)C1.I. The Morgan fingerprint density at radius 2 is 2.30 bits per heavy atom. The van der Waals surface area contributed by atoms with Crippen LogP contribution in [-0.2, 0) is 6.54 Å². The molecule has 1 aromatic heterocycles. The Morgan fingerprint density at radius 1 is 1.48 bits per heavy atom. The maximum absolute atomic E-state index is 6.17. The fourth-order valence-corrected chi connectivity index (χ4v) is 3.94. The second kappa shape index (κ2) is 10.3. The number of guanidine groups is 1. The van der Waals surface area contributed by atoms with Crippen molar-refractivity contribution in [3.05, 3.63) is 39.3 Å². The highest BCUT2D eigenvalue weighted by atomic mass is 127. The van der Waals surface area contributed by atoms with E-state index in [4.69, 9.17) is 16.3 Å². The minimum absolute atomic E-state index is 0. The molecule has 1 aromatic carbocycles. The average molecular weight is 522 g/mol. The van der Waals surface area contributed by atoms with E-state index < -0.39 is 0 Å². The first kappa shape index (κ1) is 22.0. The van der Waals surface area contributed by atoms with Gasteiger partial charge in [0.15, 0.2) is 5.96 Å². The summed E-state index contributed by atoms with van der Waals surface area (Å²) < 4.78 is 5.48. The number of aliphatic imine (C=N–C) groups is 1. The van der Waals surface area contributed by atoms with Crippen LogP contribution in [0.5, 0.6) is 5.75 Å². The van der Waals surface area contributed by atoms with Crippen LogP contribution in [0, 0.1) is 6.92 Å². The van der Waals surface area contributed by atoms with Gasteiger partial charge in [-0.15, -0.1) is 35.3 Å². The van der Waals surface area contributed by atoms with Gasteiger partial charge < -0.3 is 20.3 Å². The molecule has 1 atom stereocenters. The van der Waals surface area contributed by atoms with Gasteiger partial charge in [-0.3, -0.25) is 4.99 Å². The highest BCUT2D eigenvalue weighted by molar-refractivity contribution is 14.0. The van der Waals surface area contributed by atoms with Crippen LogP contribution in [0.4, 0.5) is 5.69 Å². The number of nitrogens with one attached hydrogen (secondary N) is 2. The molecule has 3 rings (SSSR count). The molecule has 2 aromatic rings. The number of methoxy groups -OCH3 is 1. The van der Waals surface area contributed by atoms with E-state index in [2.05, 4.69) is 25.5 Å². The van der Waals surface area contributed by atoms with Crippen LogP contribution in [0.2, 0.25) is 5.02 Å². The van der Waals surface area contributed by atoms with Crippen LogP contribution in [0.25, 0.3) is 0 Å². The van der Waals surface area contributed by atoms with Gasteiger partial charge in [-0.05, 0) is 31.5 Å². The summed E-state index contributed by atoms with van der Waals surface area (Å²) in [5.74, 6) is 1.65. The number of anilines is 1. The van der Waals surface area contributed by atoms with Gasteiger partial charge in [0.2, 0.25) is 0 Å². The van der Waals surface area contributed by atoms with Crippen LogP contribution < -0.4 is 20.3 Å². The first-order valence-electron chi connectivity index (χ1n) is 8.55. The van der Waals surface area contributed by atoms with Gasteiger partial charge in [0.25, 0.3) is 0 Å². The van der Waals surface area contributed by atoms with Gasteiger partial charge in [0.1, 0.15) is 5.75 Å². The Hall–Kier alpha value is -1.26. The van der Waals surface area contributed by atoms with Crippen molar-refractivity contribution in [2.75, 3.05) is 32.1 Å². The average Bonchev–Trinajstić information content (AvgIpc) is 3.27. The van der Waals surface area contributed by atoms with Crippen molar-refractivity contribution < 1.29 is 4.74 Å². The molecule has 2 N–H and O–H groups in total. The lowest BCUT2D eigenvalue weighted by Crippen LogP contribution is -2.44. The third-order valence-corrected chi connectivity index (χ3v) is 5.67. The van der Waals surface area contributed by atoms with Crippen LogP contribution in [0.15, 0.2) is 28.7 Å². The zero-order valence-electron chi connectivity index (χ0n) is 15.7. The van der Waals surface area contributed by atoms with Gasteiger partial charge in [-0.25, -0.2) is 4.98 Å². The molecule has 0 aliphatic carbocycles. The maximum Gasteiger partial charge on any atom is 0.191 e. The molecule has 9 heteroatoms. The number of benzene rings is 1. The summed E-state index contributed by atoms with van der Waals surface area (Å²) in [5, 5.41) is 7.60. The Balaban J connectivity index is 0.00000261. The molecule has 1 unspecified atom stereocenters. The fraction of sp³-hybridized carbons (Fsp3) is 0.444. The molecular weight excluding hydrogens is 497 g/mol.